The Morgan fingerprint density at radius 1 is 1.20 bits per heavy atom. The lowest BCUT2D eigenvalue weighted by Crippen LogP contribution is -2.49. The fourth-order valence-electron chi connectivity index (χ4n) is 4.60. The van der Waals surface area contributed by atoms with Gasteiger partial charge in [0.15, 0.2) is 0 Å². The van der Waals surface area contributed by atoms with Crippen LogP contribution in [0.25, 0.3) is 0 Å². The monoisotopic (exact) mass is 336 g/mol. The molecule has 0 amide bonds. The maximum atomic E-state index is 12.4. The lowest BCUT2D eigenvalue weighted by molar-refractivity contribution is -0.0371. The predicted molar refractivity (Wildman–Crippen MR) is 96.9 cm³/mol. The third kappa shape index (κ3) is 2.60. The van der Waals surface area contributed by atoms with E-state index in [9.17, 15) is 4.79 Å². The molecule has 1 aromatic heterocycles. The number of benzene rings is 1. The Kier molecular flexibility index (Phi) is 3.49. The van der Waals surface area contributed by atoms with Crippen LogP contribution in [0.1, 0.15) is 60.5 Å². The number of pyridine rings is 1. The van der Waals surface area contributed by atoms with E-state index in [0.29, 0.717) is 6.54 Å². The van der Waals surface area contributed by atoms with Crippen molar-refractivity contribution in [3.63, 3.8) is 0 Å². The molecule has 0 bridgehead atoms. The van der Waals surface area contributed by atoms with E-state index in [1.807, 2.05) is 6.07 Å². The largest absolute Gasteiger partial charge is 0.487 e. The number of hydrogen-bond acceptors (Lipinski definition) is 3. The van der Waals surface area contributed by atoms with Gasteiger partial charge < -0.3 is 15.0 Å². The summed E-state index contributed by atoms with van der Waals surface area (Å²) in [6.07, 6.45) is 7.76. The second kappa shape index (κ2) is 5.73. The summed E-state index contributed by atoms with van der Waals surface area (Å²) in [7, 11) is 0. The van der Waals surface area contributed by atoms with Gasteiger partial charge in [-0.3, -0.25) is 4.79 Å². The first-order valence-electron chi connectivity index (χ1n) is 9.48. The normalized spacial score (nSPS) is 22.8. The van der Waals surface area contributed by atoms with Gasteiger partial charge in [-0.2, -0.15) is 0 Å². The summed E-state index contributed by atoms with van der Waals surface area (Å²) in [5.74, 6) is 1.01. The van der Waals surface area contributed by atoms with E-state index in [4.69, 9.17) is 4.74 Å². The Morgan fingerprint density at radius 3 is 2.92 bits per heavy atom. The maximum absolute atomic E-state index is 12.4. The highest BCUT2D eigenvalue weighted by molar-refractivity contribution is 5.39. The Balaban J connectivity index is 1.40. The van der Waals surface area contributed by atoms with Gasteiger partial charge in [0.25, 0.3) is 5.56 Å². The van der Waals surface area contributed by atoms with Crippen LogP contribution in [0.4, 0.5) is 0 Å². The Labute approximate surface area is 147 Å². The molecule has 1 unspecified atom stereocenters. The second-order valence-corrected chi connectivity index (χ2v) is 7.80. The molecular formula is C21H24N2O2. The molecule has 2 aromatic rings. The Bertz CT molecular complexity index is 866. The number of aromatic amines is 1. The van der Waals surface area contributed by atoms with Crippen LogP contribution in [0, 0.1) is 0 Å². The molecule has 1 saturated carbocycles. The number of aryl methyl sites for hydroxylation is 2. The van der Waals surface area contributed by atoms with Gasteiger partial charge in [-0.25, -0.2) is 0 Å². The summed E-state index contributed by atoms with van der Waals surface area (Å²) in [5, 5.41) is 3.65. The number of para-hydroxylation sites is 1. The van der Waals surface area contributed by atoms with E-state index in [0.717, 1.165) is 55.5 Å². The van der Waals surface area contributed by atoms with Gasteiger partial charge in [-0.15, -0.1) is 0 Å². The van der Waals surface area contributed by atoms with E-state index < -0.39 is 0 Å². The van der Waals surface area contributed by atoms with Crippen molar-refractivity contribution in [1.82, 2.24) is 10.3 Å². The Hall–Kier alpha value is -2.07. The molecule has 1 aromatic carbocycles. The van der Waals surface area contributed by atoms with E-state index in [2.05, 4.69) is 34.6 Å². The number of aromatic nitrogens is 1. The molecule has 2 heterocycles. The van der Waals surface area contributed by atoms with Crippen LogP contribution < -0.4 is 15.6 Å². The molecule has 0 saturated heterocycles. The van der Waals surface area contributed by atoms with Gasteiger partial charge in [0, 0.05) is 35.8 Å². The van der Waals surface area contributed by atoms with Crippen LogP contribution >= 0.6 is 0 Å². The average Bonchev–Trinajstić information content (AvgIpc) is 3.05. The first kappa shape index (κ1) is 15.2. The minimum Gasteiger partial charge on any atom is -0.487 e. The van der Waals surface area contributed by atoms with Gasteiger partial charge in [-0.05, 0) is 56.2 Å². The molecule has 0 radical (unpaired) electrons. The van der Waals surface area contributed by atoms with E-state index >= 15 is 0 Å². The van der Waals surface area contributed by atoms with Crippen LogP contribution in [0.3, 0.4) is 0 Å². The molecule has 4 heteroatoms. The molecule has 5 rings (SSSR count). The molecule has 3 aliphatic rings. The van der Waals surface area contributed by atoms with Crippen molar-refractivity contribution in [3.8, 4) is 5.75 Å². The zero-order valence-electron chi connectivity index (χ0n) is 14.4. The minimum absolute atomic E-state index is 0.0103. The van der Waals surface area contributed by atoms with Crippen molar-refractivity contribution < 1.29 is 4.74 Å². The van der Waals surface area contributed by atoms with Crippen molar-refractivity contribution in [2.45, 2.75) is 63.1 Å². The summed E-state index contributed by atoms with van der Waals surface area (Å²) in [6.45, 7) is 0.609. The Morgan fingerprint density at radius 2 is 2.08 bits per heavy atom. The second-order valence-electron chi connectivity index (χ2n) is 7.80. The van der Waals surface area contributed by atoms with Crippen LogP contribution in [0.15, 0.2) is 35.1 Å². The van der Waals surface area contributed by atoms with Crippen molar-refractivity contribution in [2.75, 3.05) is 0 Å². The van der Waals surface area contributed by atoms with Crippen LogP contribution in [0.5, 0.6) is 5.75 Å². The lowest BCUT2D eigenvalue weighted by atomic mass is 9.73. The topological polar surface area (TPSA) is 54.1 Å². The zero-order valence-corrected chi connectivity index (χ0v) is 14.4. The summed E-state index contributed by atoms with van der Waals surface area (Å²) in [4.78, 5) is 15.5. The van der Waals surface area contributed by atoms with E-state index in [-0.39, 0.29) is 17.2 Å². The van der Waals surface area contributed by atoms with E-state index in [1.54, 1.807) is 0 Å². The predicted octanol–water partition coefficient (Wildman–Crippen LogP) is 3.40. The third-order valence-corrected chi connectivity index (χ3v) is 6.17. The van der Waals surface area contributed by atoms with Crippen LogP contribution in [0.2, 0.25) is 0 Å². The molecular weight excluding hydrogens is 312 g/mol. The number of rotatable bonds is 3. The van der Waals surface area contributed by atoms with Crippen molar-refractivity contribution in [2.24, 2.45) is 0 Å². The number of nitrogens with one attached hydrogen (secondary N) is 2. The van der Waals surface area contributed by atoms with Gasteiger partial charge in [0.1, 0.15) is 11.4 Å². The van der Waals surface area contributed by atoms with Crippen LogP contribution in [-0.2, 0) is 19.4 Å². The van der Waals surface area contributed by atoms with Crippen LogP contribution in [-0.4, -0.2) is 10.6 Å². The number of H-pyrrole nitrogens is 1. The van der Waals surface area contributed by atoms with Gasteiger partial charge in [0.05, 0.1) is 0 Å². The standard InChI is InChI=1S/C21H24N2O2/c24-20-15(11-14-5-3-7-17(14)23-20)13-22-18-12-21(9-4-10-21)25-19-8-2-1-6-16(18)19/h1-2,6,8,11,18,22H,3-5,7,9-10,12-13H2,(H,23,24). The highest BCUT2D eigenvalue weighted by atomic mass is 16.5. The fraction of sp³-hybridized carbons (Fsp3) is 0.476. The molecule has 1 atom stereocenters. The van der Waals surface area contributed by atoms with Crippen molar-refractivity contribution in [1.29, 1.82) is 0 Å². The average molecular weight is 336 g/mol. The van der Waals surface area contributed by atoms with E-state index in [1.165, 1.54) is 17.5 Å². The summed E-state index contributed by atoms with van der Waals surface area (Å²) in [6, 6.07) is 10.7. The van der Waals surface area contributed by atoms with Crippen molar-refractivity contribution >= 4 is 0 Å². The summed E-state index contributed by atoms with van der Waals surface area (Å²) in [5.41, 5.74) is 4.60. The minimum atomic E-state index is 0.0103. The SMILES string of the molecule is O=c1[nH]c2c(cc1CNC1CC3(CCC3)Oc3ccccc31)CCC2. The maximum Gasteiger partial charge on any atom is 0.252 e. The molecule has 2 N–H and O–H groups in total. The van der Waals surface area contributed by atoms with Crippen molar-refractivity contribution in [3.05, 3.63) is 63.1 Å². The van der Waals surface area contributed by atoms with Gasteiger partial charge >= 0.3 is 0 Å². The zero-order chi connectivity index (χ0) is 16.9. The lowest BCUT2D eigenvalue weighted by Gasteiger charge is -2.48. The molecule has 1 aliphatic heterocycles. The molecule has 25 heavy (non-hydrogen) atoms. The number of hydrogen-bond donors (Lipinski definition) is 2. The van der Waals surface area contributed by atoms with Gasteiger partial charge in [0.2, 0.25) is 0 Å². The molecule has 4 nitrogen and oxygen atoms in total. The molecule has 1 fully saturated rings. The van der Waals surface area contributed by atoms with Gasteiger partial charge in [-0.1, -0.05) is 18.2 Å². The number of ether oxygens (including phenoxy) is 1. The fourth-order valence-corrected chi connectivity index (χ4v) is 4.60. The molecule has 2 aliphatic carbocycles. The highest BCUT2D eigenvalue weighted by Crippen LogP contribution is 2.48. The first-order valence-corrected chi connectivity index (χ1v) is 9.48. The highest BCUT2D eigenvalue weighted by Gasteiger charge is 2.45. The molecule has 130 valence electrons. The quantitative estimate of drug-likeness (QED) is 0.903. The smallest absolute Gasteiger partial charge is 0.252 e. The summed E-state index contributed by atoms with van der Waals surface area (Å²) >= 11 is 0. The first-order chi connectivity index (χ1) is 12.2. The number of fused-ring (bicyclic) bond motifs is 2. The third-order valence-electron chi connectivity index (χ3n) is 6.17. The summed E-state index contributed by atoms with van der Waals surface area (Å²) < 4.78 is 6.31. The molecule has 1 spiro atoms.